The highest BCUT2D eigenvalue weighted by Gasteiger charge is 2.18. The molecule has 1 atom stereocenters. The van der Waals surface area contributed by atoms with E-state index in [1.54, 1.807) is 30.3 Å². The summed E-state index contributed by atoms with van der Waals surface area (Å²) < 4.78 is 24.6. The average molecular weight is 308 g/mol. The fourth-order valence-corrected chi connectivity index (χ4v) is 2.36. The number of ether oxygens (including phenoxy) is 2. The summed E-state index contributed by atoms with van der Waals surface area (Å²) in [5, 5.41) is 3.81. The first-order valence-electron chi connectivity index (χ1n) is 6.81. The lowest BCUT2D eigenvalue weighted by Crippen LogP contribution is -2.19. The summed E-state index contributed by atoms with van der Waals surface area (Å²) in [4.78, 5) is 0. The zero-order valence-corrected chi connectivity index (χ0v) is 12.1. The first-order valence-corrected chi connectivity index (χ1v) is 7.19. The molecule has 2 aromatic rings. The summed E-state index contributed by atoms with van der Waals surface area (Å²) in [7, 11) is 0. The van der Waals surface area contributed by atoms with Gasteiger partial charge in [0, 0.05) is 17.6 Å². The molecule has 5 heteroatoms. The lowest BCUT2D eigenvalue weighted by atomic mass is 10.3. The molecule has 0 unspecified atom stereocenters. The van der Waals surface area contributed by atoms with Crippen LogP contribution in [-0.2, 0) is 0 Å². The van der Waals surface area contributed by atoms with Crippen molar-refractivity contribution >= 4 is 11.6 Å². The number of hydrogen-bond acceptors (Lipinski definition) is 3. The molecule has 3 nitrogen and oxygen atoms in total. The van der Waals surface area contributed by atoms with Crippen LogP contribution in [0.1, 0.15) is 6.42 Å². The Morgan fingerprint density at radius 1 is 1.10 bits per heavy atom. The molecule has 0 saturated carbocycles. The van der Waals surface area contributed by atoms with Gasteiger partial charge in [-0.25, -0.2) is 4.39 Å². The Bertz CT molecular complexity index is 612. The van der Waals surface area contributed by atoms with Gasteiger partial charge in [0.15, 0.2) is 11.5 Å². The molecular weight excluding hydrogens is 293 g/mol. The second kappa shape index (κ2) is 6.33. The lowest BCUT2D eigenvalue weighted by Gasteiger charge is -2.16. The van der Waals surface area contributed by atoms with Crippen molar-refractivity contribution < 1.29 is 13.9 Å². The average Bonchev–Trinajstić information content (AvgIpc) is 2.97. The number of benzene rings is 2. The SMILES string of the molecule is Fc1ccc(Oc2cc(Cl)ccc2O[C@@H]2CCNC2)cc1. The summed E-state index contributed by atoms with van der Waals surface area (Å²) in [6.07, 6.45) is 1.08. The zero-order valence-electron chi connectivity index (χ0n) is 11.3. The van der Waals surface area contributed by atoms with Crippen molar-refractivity contribution in [3.63, 3.8) is 0 Å². The van der Waals surface area contributed by atoms with Gasteiger partial charge in [-0.1, -0.05) is 11.6 Å². The third kappa shape index (κ3) is 3.65. The molecule has 0 spiro atoms. The quantitative estimate of drug-likeness (QED) is 0.925. The second-order valence-electron chi connectivity index (χ2n) is 4.88. The van der Waals surface area contributed by atoms with E-state index in [2.05, 4.69) is 5.32 Å². The van der Waals surface area contributed by atoms with E-state index >= 15 is 0 Å². The molecule has 0 aromatic heterocycles. The van der Waals surface area contributed by atoms with Crippen molar-refractivity contribution in [2.75, 3.05) is 13.1 Å². The topological polar surface area (TPSA) is 30.5 Å². The fraction of sp³-hybridized carbons (Fsp3) is 0.250. The summed E-state index contributed by atoms with van der Waals surface area (Å²) in [5.74, 6) is 1.40. The van der Waals surface area contributed by atoms with Crippen LogP contribution < -0.4 is 14.8 Å². The van der Waals surface area contributed by atoms with Crippen LogP contribution >= 0.6 is 11.6 Å². The first-order chi connectivity index (χ1) is 10.2. The van der Waals surface area contributed by atoms with E-state index in [9.17, 15) is 4.39 Å². The molecular formula is C16H15ClFNO2. The molecule has 1 aliphatic heterocycles. The Morgan fingerprint density at radius 3 is 2.62 bits per heavy atom. The predicted molar refractivity (Wildman–Crippen MR) is 79.8 cm³/mol. The molecule has 1 aliphatic rings. The summed E-state index contributed by atoms with van der Waals surface area (Å²) in [6, 6.07) is 11.1. The number of hydrogen-bond donors (Lipinski definition) is 1. The molecule has 2 aromatic carbocycles. The third-order valence-electron chi connectivity index (χ3n) is 3.26. The molecule has 110 valence electrons. The second-order valence-corrected chi connectivity index (χ2v) is 5.32. The van der Waals surface area contributed by atoms with Crippen molar-refractivity contribution in [3.8, 4) is 17.2 Å². The van der Waals surface area contributed by atoms with Crippen LogP contribution in [0, 0.1) is 5.82 Å². The monoisotopic (exact) mass is 307 g/mol. The largest absolute Gasteiger partial charge is 0.485 e. The molecule has 1 N–H and O–H groups in total. The maximum Gasteiger partial charge on any atom is 0.170 e. The molecule has 21 heavy (non-hydrogen) atoms. The van der Waals surface area contributed by atoms with Crippen LogP contribution in [0.2, 0.25) is 5.02 Å². The lowest BCUT2D eigenvalue weighted by molar-refractivity contribution is 0.215. The van der Waals surface area contributed by atoms with E-state index < -0.39 is 0 Å². The minimum Gasteiger partial charge on any atom is -0.485 e. The van der Waals surface area contributed by atoms with E-state index in [1.807, 2.05) is 0 Å². The minimum absolute atomic E-state index is 0.127. The van der Waals surface area contributed by atoms with E-state index in [0.717, 1.165) is 19.5 Å². The van der Waals surface area contributed by atoms with Gasteiger partial charge in [0.25, 0.3) is 0 Å². The van der Waals surface area contributed by atoms with Crippen LogP contribution in [0.5, 0.6) is 17.2 Å². The molecule has 0 aliphatic carbocycles. The Morgan fingerprint density at radius 2 is 1.90 bits per heavy atom. The number of nitrogens with one attached hydrogen (secondary N) is 1. The standard InChI is InChI=1S/C16H15ClFNO2/c17-11-1-6-15(21-14-7-8-19-10-14)16(9-11)20-13-4-2-12(18)3-5-13/h1-6,9,14,19H,7-8,10H2/t14-/m1/s1. The van der Waals surface area contributed by atoms with Crippen molar-refractivity contribution in [2.24, 2.45) is 0 Å². The Hall–Kier alpha value is -1.78. The molecule has 1 saturated heterocycles. The van der Waals surface area contributed by atoms with Gasteiger partial charge in [-0.2, -0.15) is 0 Å². The smallest absolute Gasteiger partial charge is 0.170 e. The van der Waals surface area contributed by atoms with Crippen molar-refractivity contribution in [2.45, 2.75) is 12.5 Å². The Labute approximate surface area is 127 Å². The maximum absolute atomic E-state index is 12.9. The molecule has 1 heterocycles. The van der Waals surface area contributed by atoms with Gasteiger partial charge in [-0.15, -0.1) is 0 Å². The first kappa shape index (κ1) is 14.2. The van der Waals surface area contributed by atoms with Crippen LogP contribution in [0.15, 0.2) is 42.5 Å². The highest BCUT2D eigenvalue weighted by Crippen LogP contribution is 2.35. The zero-order chi connectivity index (χ0) is 14.7. The molecule has 0 bridgehead atoms. The van der Waals surface area contributed by atoms with Gasteiger partial charge in [-0.3, -0.25) is 0 Å². The third-order valence-corrected chi connectivity index (χ3v) is 3.49. The number of rotatable bonds is 4. The van der Waals surface area contributed by atoms with Crippen LogP contribution in [0.4, 0.5) is 4.39 Å². The van der Waals surface area contributed by atoms with Crippen molar-refractivity contribution in [1.82, 2.24) is 5.32 Å². The van der Waals surface area contributed by atoms with Crippen molar-refractivity contribution in [1.29, 1.82) is 0 Å². The van der Waals surface area contributed by atoms with Crippen LogP contribution in [0.25, 0.3) is 0 Å². The van der Waals surface area contributed by atoms with Crippen LogP contribution in [-0.4, -0.2) is 19.2 Å². The van der Waals surface area contributed by atoms with E-state index in [-0.39, 0.29) is 11.9 Å². The summed E-state index contributed by atoms with van der Waals surface area (Å²) in [5.41, 5.74) is 0. The highest BCUT2D eigenvalue weighted by molar-refractivity contribution is 6.30. The van der Waals surface area contributed by atoms with Gasteiger partial charge in [0.05, 0.1) is 0 Å². The molecule has 0 radical (unpaired) electrons. The van der Waals surface area contributed by atoms with Gasteiger partial charge >= 0.3 is 0 Å². The Balaban J connectivity index is 1.81. The normalized spacial score (nSPS) is 17.7. The van der Waals surface area contributed by atoms with E-state index in [0.29, 0.717) is 22.3 Å². The van der Waals surface area contributed by atoms with Crippen LogP contribution in [0.3, 0.4) is 0 Å². The summed E-state index contributed by atoms with van der Waals surface area (Å²) in [6.45, 7) is 1.77. The Kier molecular flexibility index (Phi) is 4.27. The predicted octanol–water partition coefficient (Wildman–Crippen LogP) is 4.01. The van der Waals surface area contributed by atoms with Gasteiger partial charge in [0.1, 0.15) is 17.7 Å². The minimum atomic E-state index is -0.304. The van der Waals surface area contributed by atoms with Gasteiger partial charge in [-0.05, 0) is 49.4 Å². The molecule has 1 fully saturated rings. The maximum atomic E-state index is 12.9. The van der Waals surface area contributed by atoms with Gasteiger partial charge in [0.2, 0.25) is 0 Å². The molecule has 0 amide bonds. The fourth-order valence-electron chi connectivity index (χ4n) is 2.20. The van der Waals surface area contributed by atoms with E-state index in [4.69, 9.17) is 21.1 Å². The van der Waals surface area contributed by atoms with Crippen molar-refractivity contribution in [3.05, 3.63) is 53.3 Å². The van der Waals surface area contributed by atoms with Gasteiger partial charge < -0.3 is 14.8 Å². The van der Waals surface area contributed by atoms with E-state index in [1.165, 1.54) is 12.1 Å². The molecule has 3 rings (SSSR count). The summed E-state index contributed by atoms with van der Waals surface area (Å²) >= 11 is 6.02. The number of halogens is 2. The highest BCUT2D eigenvalue weighted by atomic mass is 35.5.